The molecule has 8 nitrogen and oxygen atoms in total. The number of piperidine rings is 1. The van der Waals surface area contributed by atoms with Gasteiger partial charge in [-0.25, -0.2) is 13.4 Å². The van der Waals surface area contributed by atoms with Crippen molar-refractivity contribution in [3.63, 3.8) is 0 Å². The smallest absolute Gasteiger partial charge is 0.248 e. The standard InChI is InChI=1S/C13H19N5O3S/c1-10-13(11(2)21-16-10)22(19,20)18-5-3-4-12(7-18)6-17-9-14-8-15-17/h8-9,12H,3-7H2,1-2H3. The second-order valence-corrected chi connectivity index (χ2v) is 7.52. The fraction of sp³-hybridized carbons (Fsp3) is 0.615. The van der Waals surface area contributed by atoms with E-state index in [-0.39, 0.29) is 10.8 Å². The van der Waals surface area contributed by atoms with E-state index in [0.29, 0.717) is 31.1 Å². The predicted molar refractivity (Wildman–Crippen MR) is 77.5 cm³/mol. The Morgan fingerprint density at radius 2 is 2.23 bits per heavy atom. The number of sulfonamides is 1. The van der Waals surface area contributed by atoms with Gasteiger partial charge in [0.25, 0.3) is 0 Å². The highest BCUT2D eigenvalue weighted by Crippen LogP contribution is 2.28. The minimum absolute atomic E-state index is 0.203. The first-order valence-electron chi connectivity index (χ1n) is 7.24. The molecule has 0 N–H and O–H groups in total. The van der Waals surface area contributed by atoms with E-state index in [1.807, 2.05) is 0 Å². The van der Waals surface area contributed by atoms with E-state index in [2.05, 4.69) is 15.2 Å². The van der Waals surface area contributed by atoms with Crippen LogP contribution in [0.2, 0.25) is 0 Å². The first kappa shape index (κ1) is 15.2. The molecular weight excluding hydrogens is 306 g/mol. The predicted octanol–water partition coefficient (Wildman–Crippen LogP) is 0.984. The molecule has 0 aliphatic carbocycles. The van der Waals surface area contributed by atoms with Gasteiger partial charge in [0.1, 0.15) is 23.2 Å². The topological polar surface area (TPSA) is 94.1 Å². The van der Waals surface area contributed by atoms with Gasteiger partial charge in [0, 0.05) is 19.6 Å². The maximum Gasteiger partial charge on any atom is 0.248 e. The molecule has 0 spiro atoms. The van der Waals surface area contributed by atoms with Crippen LogP contribution in [0.3, 0.4) is 0 Å². The summed E-state index contributed by atoms with van der Waals surface area (Å²) in [6.07, 6.45) is 4.96. The zero-order valence-corrected chi connectivity index (χ0v) is 13.5. The van der Waals surface area contributed by atoms with Crippen molar-refractivity contribution in [2.75, 3.05) is 13.1 Å². The summed E-state index contributed by atoms with van der Waals surface area (Å²) in [5, 5.41) is 7.84. The van der Waals surface area contributed by atoms with Crippen molar-refractivity contribution in [1.29, 1.82) is 0 Å². The second-order valence-electron chi connectivity index (χ2n) is 5.64. The number of rotatable bonds is 4. The normalized spacial score (nSPS) is 20.4. The van der Waals surface area contributed by atoms with E-state index in [4.69, 9.17) is 4.52 Å². The zero-order chi connectivity index (χ0) is 15.7. The molecule has 1 unspecified atom stereocenters. The number of nitrogens with zero attached hydrogens (tertiary/aromatic N) is 5. The summed E-state index contributed by atoms with van der Waals surface area (Å²) < 4.78 is 33.9. The average Bonchev–Trinajstić information content (AvgIpc) is 3.09. The van der Waals surface area contributed by atoms with Crippen LogP contribution in [0.1, 0.15) is 24.3 Å². The summed E-state index contributed by atoms with van der Waals surface area (Å²) in [7, 11) is -3.56. The van der Waals surface area contributed by atoms with Gasteiger partial charge >= 0.3 is 0 Å². The summed E-state index contributed by atoms with van der Waals surface area (Å²) in [6.45, 7) is 4.96. The fourth-order valence-electron chi connectivity index (χ4n) is 2.96. The fourth-order valence-corrected chi connectivity index (χ4v) is 4.80. The molecular formula is C13H19N5O3S. The van der Waals surface area contributed by atoms with Crippen LogP contribution in [0.25, 0.3) is 0 Å². The van der Waals surface area contributed by atoms with Gasteiger partial charge < -0.3 is 4.52 Å². The summed E-state index contributed by atoms with van der Waals surface area (Å²) >= 11 is 0. The van der Waals surface area contributed by atoms with Crippen molar-refractivity contribution in [3.05, 3.63) is 24.1 Å². The van der Waals surface area contributed by atoms with Gasteiger partial charge in [0.2, 0.25) is 10.0 Å². The number of aryl methyl sites for hydroxylation is 2. The molecule has 0 saturated carbocycles. The lowest BCUT2D eigenvalue weighted by atomic mass is 10.00. The second kappa shape index (κ2) is 5.81. The molecule has 22 heavy (non-hydrogen) atoms. The maximum atomic E-state index is 12.8. The van der Waals surface area contributed by atoms with Crippen LogP contribution in [0.15, 0.2) is 22.1 Å². The molecule has 0 bridgehead atoms. The van der Waals surface area contributed by atoms with E-state index in [1.54, 1.807) is 24.9 Å². The highest BCUT2D eigenvalue weighted by Gasteiger charge is 2.34. The number of hydrogen-bond acceptors (Lipinski definition) is 6. The van der Waals surface area contributed by atoms with Gasteiger partial charge in [0.05, 0.1) is 0 Å². The molecule has 2 aromatic heterocycles. The monoisotopic (exact) mass is 325 g/mol. The Kier molecular flexibility index (Phi) is 4.00. The van der Waals surface area contributed by atoms with Crippen LogP contribution in [0.5, 0.6) is 0 Å². The van der Waals surface area contributed by atoms with Crippen LogP contribution in [0.4, 0.5) is 0 Å². The Morgan fingerprint density at radius 3 is 2.86 bits per heavy atom. The van der Waals surface area contributed by atoms with Crippen molar-refractivity contribution >= 4 is 10.0 Å². The number of aromatic nitrogens is 4. The molecule has 0 aromatic carbocycles. The average molecular weight is 325 g/mol. The Hall–Kier alpha value is -1.74. The first-order chi connectivity index (χ1) is 10.5. The molecule has 9 heteroatoms. The largest absolute Gasteiger partial charge is 0.360 e. The summed E-state index contributed by atoms with van der Waals surface area (Å²) in [6, 6.07) is 0. The van der Waals surface area contributed by atoms with E-state index >= 15 is 0 Å². The maximum absolute atomic E-state index is 12.8. The third-order valence-electron chi connectivity index (χ3n) is 3.96. The Bertz CT molecular complexity index is 718. The van der Waals surface area contributed by atoms with E-state index < -0.39 is 10.0 Å². The molecule has 1 atom stereocenters. The van der Waals surface area contributed by atoms with Crippen LogP contribution in [0, 0.1) is 19.8 Å². The molecule has 2 aromatic rings. The third-order valence-corrected chi connectivity index (χ3v) is 6.07. The minimum Gasteiger partial charge on any atom is -0.360 e. The SMILES string of the molecule is Cc1noc(C)c1S(=O)(=O)N1CCCC(Cn2cncn2)C1. The molecule has 3 heterocycles. The Labute approximate surface area is 129 Å². The summed E-state index contributed by atoms with van der Waals surface area (Å²) in [5.41, 5.74) is 0.413. The highest BCUT2D eigenvalue weighted by atomic mass is 32.2. The summed E-state index contributed by atoms with van der Waals surface area (Å²) in [4.78, 5) is 4.12. The van der Waals surface area contributed by atoms with Gasteiger partial charge in [0.15, 0.2) is 5.76 Å². The van der Waals surface area contributed by atoms with Crippen molar-refractivity contribution in [2.24, 2.45) is 5.92 Å². The van der Waals surface area contributed by atoms with Crippen LogP contribution in [-0.4, -0.2) is 45.7 Å². The molecule has 1 saturated heterocycles. The van der Waals surface area contributed by atoms with E-state index in [9.17, 15) is 8.42 Å². The van der Waals surface area contributed by atoms with Gasteiger partial charge in [-0.3, -0.25) is 4.68 Å². The molecule has 1 aliphatic rings. The Morgan fingerprint density at radius 1 is 1.41 bits per heavy atom. The molecule has 3 rings (SSSR count). The van der Waals surface area contributed by atoms with E-state index in [0.717, 1.165) is 12.8 Å². The molecule has 1 aliphatic heterocycles. The lowest BCUT2D eigenvalue weighted by Crippen LogP contribution is -2.41. The van der Waals surface area contributed by atoms with Gasteiger partial charge in [-0.1, -0.05) is 5.16 Å². The first-order valence-corrected chi connectivity index (χ1v) is 8.68. The van der Waals surface area contributed by atoms with Crippen LogP contribution >= 0.6 is 0 Å². The van der Waals surface area contributed by atoms with E-state index in [1.165, 1.54) is 10.6 Å². The van der Waals surface area contributed by atoms with Crippen molar-refractivity contribution in [3.8, 4) is 0 Å². The Balaban J connectivity index is 1.79. The highest BCUT2D eigenvalue weighted by molar-refractivity contribution is 7.89. The summed E-state index contributed by atoms with van der Waals surface area (Å²) in [5.74, 6) is 0.571. The zero-order valence-electron chi connectivity index (χ0n) is 12.6. The third kappa shape index (κ3) is 2.78. The number of hydrogen-bond donors (Lipinski definition) is 0. The lowest BCUT2D eigenvalue weighted by Gasteiger charge is -2.31. The van der Waals surface area contributed by atoms with Crippen molar-refractivity contribution in [2.45, 2.75) is 38.1 Å². The quantitative estimate of drug-likeness (QED) is 0.832. The van der Waals surface area contributed by atoms with Gasteiger partial charge in [-0.2, -0.15) is 9.40 Å². The van der Waals surface area contributed by atoms with Crippen LogP contribution < -0.4 is 0 Å². The molecule has 0 amide bonds. The molecule has 1 fully saturated rings. The molecule has 120 valence electrons. The van der Waals surface area contributed by atoms with Gasteiger partial charge in [-0.05, 0) is 32.6 Å². The molecule has 0 radical (unpaired) electrons. The van der Waals surface area contributed by atoms with Crippen LogP contribution in [-0.2, 0) is 16.6 Å². The lowest BCUT2D eigenvalue weighted by molar-refractivity contribution is 0.239. The van der Waals surface area contributed by atoms with Crippen molar-refractivity contribution < 1.29 is 12.9 Å². The van der Waals surface area contributed by atoms with Crippen molar-refractivity contribution in [1.82, 2.24) is 24.2 Å². The van der Waals surface area contributed by atoms with Gasteiger partial charge in [-0.15, -0.1) is 0 Å². The minimum atomic E-state index is -3.56.